The van der Waals surface area contributed by atoms with Crippen LogP contribution in [0.4, 0.5) is 0 Å². The molecule has 3 aromatic rings. The van der Waals surface area contributed by atoms with E-state index in [0.29, 0.717) is 12.0 Å². The first-order valence-corrected chi connectivity index (χ1v) is 9.88. The minimum absolute atomic E-state index is 0.123. The van der Waals surface area contributed by atoms with Crippen LogP contribution in [0.1, 0.15) is 21.5 Å². The number of benzene rings is 3. The van der Waals surface area contributed by atoms with Gasteiger partial charge in [-0.15, -0.1) is 0 Å². The van der Waals surface area contributed by atoms with Crippen molar-refractivity contribution in [3.63, 3.8) is 0 Å². The van der Waals surface area contributed by atoms with Crippen molar-refractivity contribution in [2.75, 3.05) is 13.2 Å². The van der Waals surface area contributed by atoms with Gasteiger partial charge < -0.3 is 18.9 Å². The van der Waals surface area contributed by atoms with Gasteiger partial charge in [0.2, 0.25) is 0 Å². The molecule has 0 aliphatic heterocycles. The van der Waals surface area contributed by atoms with Crippen LogP contribution in [0.15, 0.2) is 78.9 Å². The van der Waals surface area contributed by atoms with Crippen molar-refractivity contribution < 1.29 is 33.3 Å². The summed E-state index contributed by atoms with van der Waals surface area (Å²) in [5.74, 6) is -0.687. The van der Waals surface area contributed by atoms with Gasteiger partial charge in [0.15, 0.2) is 19.5 Å². The molecule has 0 saturated heterocycles. The molecule has 0 aromatic heterocycles. The van der Waals surface area contributed by atoms with Gasteiger partial charge in [-0.1, -0.05) is 60.7 Å². The van der Waals surface area contributed by atoms with E-state index in [4.69, 9.17) is 18.9 Å². The van der Waals surface area contributed by atoms with Crippen LogP contribution in [0.2, 0.25) is 0 Å². The van der Waals surface area contributed by atoms with Crippen molar-refractivity contribution in [1.29, 1.82) is 0 Å². The number of ether oxygens (including phenoxy) is 4. The topological polar surface area (TPSA) is 88.1 Å². The molecule has 7 nitrogen and oxygen atoms in total. The van der Waals surface area contributed by atoms with E-state index in [1.54, 1.807) is 0 Å². The minimum atomic E-state index is -0.582. The molecule has 0 aliphatic carbocycles. The number of hydrogen-bond donors (Lipinski definition) is 0. The Bertz CT molecular complexity index is 1030. The van der Waals surface area contributed by atoms with Crippen molar-refractivity contribution in [1.82, 2.24) is 0 Å². The molecular formula is C25H22O7. The van der Waals surface area contributed by atoms with E-state index in [2.05, 4.69) is 0 Å². The molecule has 3 aromatic carbocycles. The molecule has 0 unspecified atom stereocenters. The molecule has 7 heteroatoms. The molecule has 0 amide bonds. The van der Waals surface area contributed by atoms with Gasteiger partial charge in [-0.2, -0.15) is 0 Å². The third-order valence-electron chi connectivity index (χ3n) is 4.30. The van der Waals surface area contributed by atoms with Crippen LogP contribution < -0.4 is 9.47 Å². The Morgan fingerprint density at radius 2 is 1.22 bits per heavy atom. The molecule has 164 valence electrons. The van der Waals surface area contributed by atoms with E-state index in [1.807, 2.05) is 60.7 Å². The SMILES string of the molecule is O=Cc1ccc(OCC(=O)OCc2ccccc2)cc1OCC(=O)OCc1ccccc1. The van der Waals surface area contributed by atoms with Crippen LogP contribution in [0.25, 0.3) is 0 Å². The van der Waals surface area contributed by atoms with E-state index in [0.717, 1.165) is 11.1 Å². The van der Waals surface area contributed by atoms with Crippen LogP contribution in [-0.4, -0.2) is 31.4 Å². The smallest absolute Gasteiger partial charge is 0.344 e. The highest BCUT2D eigenvalue weighted by Gasteiger charge is 2.11. The Kier molecular flexibility index (Phi) is 8.39. The summed E-state index contributed by atoms with van der Waals surface area (Å²) in [6, 6.07) is 22.9. The first-order chi connectivity index (χ1) is 15.6. The molecular weight excluding hydrogens is 412 g/mol. The predicted molar refractivity (Wildman–Crippen MR) is 115 cm³/mol. The summed E-state index contributed by atoms with van der Waals surface area (Å²) in [4.78, 5) is 35.1. The molecule has 0 atom stereocenters. The summed E-state index contributed by atoms with van der Waals surface area (Å²) in [6.45, 7) is -0.424. The van der Waals surface area contributed by atoms with Crippen molar-refractivity contribution in [2.45, 2.75) is 13.2 Å². The molecule has 0 radical (unpaired) electrons. The van der Waals surface area contributed by atoms with Gasteiger partial charge in [-0.25, -0.2) is 9.59 Å². The molecule has 0 N–H and O–H groups in total. The van der Waals surface area contributed by atoms with Gasteiger partial charge in [0, 0.05) is 6.07 Å². The van der Waals surface area contributed by atoms with E-state index in [9.17, 15) is 14.4 Å². The highest BCUT2D eigenvalue weighted by molar-refractivity contribution is 5.80. The Labute approximate surface area is 185 Å². The number of rotatable bonds is 11. The molecule has 3 rings (SSSR count). The minimum Gasteiger partial charge on any atom is -0.482 e. The first-order valence-electron chi connectivity index (χ1n) is 9.88. The Morgan fingerprint density at radius 3 is 1.75 bits per heavy atom. The van der Waals surface area contributed by atoms with Crippen LogP contribution in [0.5, 0.6) is 11.5 Å². The number of carbonyl (C=O) groups is 3. The maximum absolute atomic E-state index is 12.0. The van der Waals surface area contributed by atoms with Gasteiger partial charge in [0.25, 0.3) is 0 Å². The maximum Gasteiger partial charge on any atom is 0.344 e. The highest BCUT2D eigenvalue weighted by atomic mass is 16.6. The lowest BCUT2D eigenvalue weighted by Gasteiger charge is -2.11. The summed E-state index contributed by atoms with van der Waals surface area (Å²) >= 11 is 0. The fourth-order valence-electron chi connectivity index (χ4n) is 2.67. The molecule has 0 bridgehead atoms. The summed E-state index contributed by atoms with van der Waals surface area (Å²) in [5, 5.41) is 0. The zero-order valence-corrected chi connectivity index (χ0v) is 17.3. The number of aldehydes is 1. The predicted octanol–water partition coefficient (Wildman–Crippen LogP) is 3.74. The Balaban J connectivity index is 1.48. The largest absolute Gasteiger partial charge is 0.482 e. The lowest BCUT2D eigenvalue weighted by molar-refractivity contribution is -0.148. The normalized spacial score (nSPS) is 10.1. The molecule has 0 aliphatic rings. The summed E-state index contributed by atoms with van der Waals surface area (Å²) < 4.78 is 21.2. The van der Waals surface area contributed by atoms with Gasteiger partial charge in [-0.3, -0.25) is 4.79 Å². The fourth-order valence-corrected chi connectivity index (χ4v) is 2.67. The van der Waals surface area contributed by atoms with Crippen molar-refractivity contribution in [3.05, 3.63) is 95.6 Å². The fraction of sp³-hybridized carbons (Fsp3) is 0.160. The summed E-state index contributed by atoms with van der Waals surface area (Å²) in [6.07, 6.45) is 0.600. The van der Waals surface area contributed by atoms with Crippen molar-refractivity contribution in [3.8, 4) is 11.5 Å². The molecule has 32 heavy (non-hydrogen) atoms. The molecule has 0 saturated carbocycles. The highest BCUT2D eigenvalue weighted by Crippen LogP contribution is 2.24. The Morgan fingerprint density at radius 1 is 0.688 bits per heavy atom. The van der Waals surface area contributed by atoms with Crippen LogP contribution in [0.3, 0.4) is 0 Å². The zero-order valence-electron chi connectivity index (χ0n) is 17.3. The summed E-state index contributed by atoms with van der Waals surface area (Å²) in [7, 11) is 0. The standard InChI is InChI=1S/C25H22O7/c26-14-21-11-12-22(29-17-24(27)31-15-19-7-3-1-4-8-19)13-23(21)30-18-25(28)32-16-20-9-5-2-6-10-20/h1-14H,15-18H2. The van der Waals surface area contributed by atoms with Crippen molar-refractivity contribution >= 4 is 18.2 Å². The first kappa shape index (κ1) is 22.6. The molecule has 0 fully saturated rings. The van der Waals surface area contributed by atoms with Crippen LogP contribution in [-0.2, 0) is 32.3 Å². The van der Waals surface area contributed by atoms with Crippen LogP contribution >= 0.6 is 0 Å². The number of esters is 2. The van der Waals surface area contributed by atoms with Gasteiger partial charge in [0.05, 0.1) is 5.56 Å². The van der Waals surface area contributed by atoms with Crippen molar-refractivity contribution in [2.24, 2.45) is 0 Å². The third kappa shape index (κ3) is 7.28. The molecule has 0 spiro atoms. The van der Waals surface area contributed by atoms with E-state index >= 15 is 0 Å². The van der Waals surface area contributed by atoms with E-state index in [1.165, 1.54) is 18.2 Å². The second kappa shape index (κ2) is 11.9. The number of hydrogen-bond acceptors (Lipinski definition) is 7. The summed E-state index contributed by atoms with van der Waals surface area (Å²) in [5.41, 5.74) is 1.95. The second-order valence-electron chi connectivity index (χ2n) is 6.69. The average Bonchev–Trinajstić information content (AvgIpc) is 2.85. The lowest BCUT2D eigenvalue weighted by atomic mass is 10.2. The lowest BCUT2D eigenvalue weighted by Crippen LogP contribution is -2.16. The molecule has 0 heterocycles. The third-order valence-corrected chi connectivity index (χ3v) is 4.30. The number of carbonyl (C=O) groups excluding carboxylic acids is 3. The maximum atomic E-state index is 12.0. The van der Waals surface area contributed by atoms with Gasteiger partial charge in [0.1, 0.15) is 24.7 Å². The zero-order chi connectivity index (χ0) is 22.6. The second-order valence-corrected chi connectivity index (χ2v) is 6.69. The van der Waals surface area contributed by atoms with Crippen LogP contribution in [0, 0.1) is 0 Å². The van der Waals surface area contributed by atoms with E-state index in [-0.39, 0.29) is 37.7 Å². The monoisotopic (exact) mass is 434 g/mol. The average molecular weight is 434 g/mol. The van der Waals surface area contributed by atoms with Gasteiger partial charge >= 0.3 is 11.9 Å². The quantitative estimate of drug-likeness (QED) is 0.336. The van der Waals surface area contributed by atoms with E-state index < -0.39 is 11.9 Å². The van der Waals surface area contributed by atoms with Gasteiger partial charge in [-0.05, 0) is 23.3 Å². The Hall–Kier alpha value is -4.13.